The lowest BCUT2D eigenvalue weighted by atomic mass is 9.86. The lowest BCUT2D eigenvalue weighted by Gasteiger charge is -2.42. The Morgan fingerprint density at radius 1 is 1.30 bits per heavy atom. The molecule has 1 unspecified atom stereocenters. The Balaban J connectivity index is 1.96. The van der Waals surface area contributed by atoms with Crippen LogP contribution in [-0.2, 0) is 15.6 Å². The molecule has 11 heteroatoms. The Labute approximate surface area is 195 Å². The van der Waals surface area contributed by atoms with Gasteiger partial charge in [-0.25, -0.2) is 22.7 Å². The maximum atomic E-state index is 15.0. The average molecular weight is 496 g/mol. The summed E-state index contributed by atoms with van der Waals surface area (Å²) in [6.07, 6.45) is 0. The van der Waals surface area contributed by atoms with Crippen LogP contribution in [0.1, 0.15) is 54.0 Å². The highest BCUT2D eigenvalue weighted by atomic mass is 35.5. The number of aryl methyl sites for hydroxylation is 1. The van der Waals surface area contributed by atoms with E-state index in [0.717, 1.165) is 9.87 Å². The Bertz CT molecular complexity index is 1400. The minimum absolute atomic E-state index is 0.139. The predicted octanol–water partition coefficient (Wildman–Crippen LogP) is 3.53. The molecule has 4 rings (SSSR count). The van der Waals surface area contributed by atoms with Gasteiger partial charge in [-0.15, -0.1) is 5.10 Å². The third-order valence-corrected chi connectivity index (χ3v) is 8.37. The number of sulfonamides is 1. The molecule has 0 radical (unpaired) electrons. The number of nitrogens with zero attached hydrogens (tertiary/aromatic N) is 2. The first-order chi connectivity index (χ1) is 15.3. The van der Waals surface area contributed by atoms with Crippen LogP contribution in [0.5, 0.6) is 0 Å². The van der Waals surface area contributed by atoms with Crippen molar-refractivity contribution in [2.45, 2.75) is 50.2 Å². The Morgan fingerprint density at radius 3 is 2.64 bits per heavy atom. The number of benzene rings is 2. The van der Waals surface area contributed by atoms with Crippen LogP contribution in [0, 0.1) is 19.7 Å². The van der Waals surface area contributed by atoms with Crippen LogP contribution in [0.15, 0.2) is 44.4 Å². The van der Waals surface area contributed by atoms with Crippen molar-refractivity contribution in [1.29, 1.82) is 0 Å². The molecule has 8 nitrogen and oxygen atoms in total. The van der Waals surface area contributed by atoms with Crippen molar-refractivity contribution in [2.75, 3.05) is 6.54 Å². The zero-order chi connectivity index (χ0) is 24.3. The quantitative estimate of drug-likeness (QED) is 0.572. The third kappa shape index (κ3) is 3.90. The molecule has 1 aliphatic heterocycles. The van der Waals surface area contributed by atoms with Crippen molar-refractivity contribution >= 4 is 21.6 Å². The number of rotatable bonds is 4. The van der Waals surface area contributed by atoms with Gasteiger partial charge < -0.3 is 9.52 Å². The second kappa shape index (κ2) is 8.05. The van der Waals surface area contributed by atoms with E-state index in [2.05, 4.69) is 10.2 Å². The zero-order valence-electron chi connectivity index (χ0n) is 18.4. The molecule has 33 heavy (non-hydrogen) atoms. The minimum Gasteiger partial charge on any atom is -0.391 e. The minimum atomic E-state index is -4.22. The summed E-state index contributed by atoms with van der Waals surface area (Å²) in [4.78, 5) is 11.6. The van der Waals surface area contributed by atoms with Crippen molar-refractivity contribution in [3.63, 3.8) is 0 Å². The van der Waals surface area contributed by atoms with E-state index in [4.69, 9.17) is 16.0 Å². The number of hydrogen-bond acceptors (Lipinski definition) is 6. The summed E-state index contributed by atoms with van der Waals surface area (Å²) in [6, 6.07) is 5.85. The topological polar surface area (TPSA) is 116 Å². The lowest BCUT2D eigenvalue weighted by molar-refractivity contribution is 0.0151. The smallest absolute Gasteiger partial charge is 0.391 e. The number of halogens is 2. The molecule has 2 heterocycles. The maximum Gasteiger partial charge on any atom is 0.434 e. The van der Waals surface area contributed by atoms with Gasteiger partial charge in [-0.3, -0.25) is 0 Å². The fourth-order valence-electron chi connectivity index (χ4n) is 4.47. The van der Waals surface area contributed by atoms with E-state index in [0.29, 0.717) is 5.56 Å². The van der Waals surface area contributed by atoms with Gasteiger partial charge in [-0.05, 0) is 61.7 Å². The van der Waals surface area contributed by atoms with Crippen molar-refractivity contribution < 1.29 is 22.3 Å². The fraction of sp³-hybridized carbons (Fsp3) is 0.364. The third-order valence-electron chi connectivity index (χ3n) is 6.25. The number of hydrogen-bond donors (Lipinski definition) is 2. The average Bonchev–Trinajstić information content (AvgIpc) is 3.15. The van der Waals surface area contributed by atoms with Crippen LogP contribution in [0.2, 0.25) is 5.02 Å². The monoisotopic (exact) mass is 495 g/mol. The van der Waals surface area contributed by atoms with Crippen molar-refractivity contribution in [3.05, 3.63) is 79.9 Å². The van der Waals surface area contributed by atoms with Gasteiger partial charge in [-0.1, -0.05) is 24.6 Å². The van der Waals surface area contributed by atoms with Gasteiger partial charge in [0.1, 0.15) is 17.5 Å². The van der Waals surface area contributed by atoms with Crippen LogP contribution < -0.4 is 5.76 Å². The summed E-state index contributed by atoms with van der Waals surface area (Å²) in [7, 11) is -4.22. The number of H-pyrrole nitrogens is 1. The SMILES string of the molecule is Cc1ccc(F)c([C@@H](C)[C@@H](c2n[nH]c(=O)o2)N2CC(C)(O)c3cc(Cl)ccc3S2(=O)=O)c1C. The van der Waals surface area contributed by atoms with Crippen LogP contribution in [0.4, 0.5) is 4.39 Å². The molecule has 0 bridgehead atoms. The molecule has 176 valence electrons. The van der Waals surface area contributed by atoms with E-state index in [9.17, 15) is 18.3 Å². The molecule has 2 aromatic carbocycles. The number of aromatic amines is 1. The Kier molecular flexibility index (Phi) is 5.76. The van der Waals surface area contributed by atoms with Crippen LogP contribution in [-0.4, -0.2) is 34.6 Å². The molecule has 3 atom stereocenters. The molecule has 0 spiro atoms. The second-order valence-electron chi connectivity index (χ2n) is 8.55. The first kappa shape index (κ1) is 23.6. The van der Waals surface area contributed by atoms with E-state index in [-0.39, 0.29) is 33.5 Å². The number of fused-ring (bicyclic) bond motifs is 1. The molecular weight excluding hydrogens is 473 g/mol. The molecule has 2 N–H and O–H groups in total. The molecule has 0 saturated heterocycles. The van der Waals surface area contributed by atoms with E-state index < -0.39 is 39.2 Å². The molecule has 0 aliphatic carbocycles. The number of aliphatic hydroxyl groups is 1. The van der Waals surface area contributed by atoms with E-state index in [1.165, 1.54) is 31.2 Å². The van der Waals surface area contributed by atoms with Crippen molar-refractivity contribution in [2.24, 2.45) is 0 Å². The highest BCUT2D eigenvalue weighted by molar-refractivity contribution is 7.89. The summed E-state index contributed by atoms with van der Waals surface area (Å²) in [5, 5.41) is 17.5. The maximum absolute atomic E-state index is 15.0. The van der Waals surface area contributed by atoms with Gasteiger partial charge in [0, 0.05) is 23.0 Å². The van der Waals surface area contributed by atoms with Gasteiger partial charge in [0.05, 0.1) is 4.90 Å². The van der Waals surface area contributed by atoms with Gasteiger partial charge in [0.25, 0.3) is 0 Å². The molecule has 3 aromatic rings. The molecule has 0 amide bonds. The van der Waals surface area contributed by atoms with Gasteiger partial charge in [0.2, 0.25) is 15.9 Å². The highest BCUT2D eigenvalue weighted by Crippen LogP contribution is 2.46. The molecule has 0 saturated carbocycles. The highest BCUT2D eigenvalue weighted by Gasteiger charge is 2.49. The lowest BCUT2D eigenvalue weighted by Crippen LogP contribution is -2.50. The molecule has 0 fully saturated rings. The predicted molar refractivity (Wildman–Crippen MR) is 119 cm³/mol. The summed E-state index contributed by atoms with van der Waals surface area (Å²) in [6.45, 7) is 6.26. The fourth-order valence-corrected chi connectivity index (χ4v) is 6.69. The van der Waals surface area contributed by atoms with Crippen molar-refractivity contribution in [3.8, 4) is 0 Å². The molecule has 1 aliphatic rings. The standard InChI is InChI=1S/C22H23ClFN3O5S/c1-11-5-7-16(24)18(12(11)2)13(3)19(20-25-26-21(28)32-20)27-10-22(4,29)15-9-14(23)6-8-17(15)33(27,30)31/h5-9,13,19,29H,10H2,1-4H3,(H,26,28)/t13-,19+,22?/m1/s1. The van der Waals surface area contributed by atoms with Crippen molar-refractivity contribution in [1.82, 2.24) is 14.5 Å². The van der Waals surface area contributed by atoms with Crippen LogP contribution in [0.3, 0.4) is 0 Å². The van der Waals surface area contributed by atoms with Gasteiger partial charge >= 0.3 is 5.76 Å². The number of β-amino-alcohol motifs (C(OH)–C–C–N with tert-alkyl or cyclic N) is 1. The summed E-state index contributed by atoms with van der Waals surface area (Å²) in [5.74, 6) is -2.46. The first-order valence-electron chi connectivity index (χ1n) is 10.2. The normalized spacial score (nSPS) is 22.0. The summed E-state index contributed by atoms with van der Waals surface area (Å²) >= 11 is 6.05. The molecular formula is C22H23ClFN3O5S. The van der Waals surface area contributed by atoms with Gasteiger partial charge in [0.15, 0.2) is 0 Å². The van der Waals surface area contributed by atoms with Gasteiger partial charge in [-0.2, -0.15) is 4.31 Å². The Morgan fingerprint density at radius 2 is 2.00 bits per heavy atom. The number of nitrogens with one attached hydrogen (secondary N) is 1. The largest absolute Gasteiger partial charge is 0.434 e. The zero-order valence-corrected chi connectivity index (χ0v) is 20.0. The summed E-state index contributed by atoms with van der Waals surface area (Å²) < 4.78 is 48.6. The van der Waals surface area contributed by atoms with E-state index in [1.54, 1.807) is 19.9 Å². The first-order valence-corrected chi connectivity index (χ1v) is 12.0. The molecule has 1 aromatic heterocycles. The second-order valence-corrected chi connectivity index (χ2v) is 10.8. The van der Waals surface area contributed by atoms with Crippen LogP contribution >= 0.6 is 11.6 Å². The van der Waals surface area contributed by atoms with E-state index >= 15 is 4.39 Å². The Hall–Kier alpha value is -2.53. The summed E-state index contributed by atoms with van der Waals surface area (Å²) in [5.41, 5.74) is 0.245. The number of aromatic nitrogens is 2. The van der Waals surface area contributed by atoms with E-state index in [1.807, 2.05) is 6.92 Å². The van der Waals surface area contributed by atoms with Crippen LogP contribution in [0.25, 0.3) is 0 Å².